The molecular weight excluding hydrogens is 218 g/mol. The molecule has 0 aromatic rings. The third-order valence-corrected chi connectivity index (χ3v) is 3.22. The Morgan fingerprint density at radius 2 is 2.00 bits per heavy atom. The number of nitrogens with two attached hydrogens (primary N) is 1. The van der Waals surface area contributed by atoms with Crippen LogP contribution in [-0.2, 0) is 9.47 Å². The molecule has 1 rings (SSSR count). The van der Waals surface area contributed by atoms with E-state index in [-0.39, 0.29) is 0 Å². The van der Waals surface area contributed by atoms with Crippen LogP contribution in [0.25, 0.3) is 0 Å². The van der Waals surface area contributed by atoms with Crippen LogP contribution in [0, 0.1) is 11.3 Å². The van der Waals surface area contributed by atoms with Crippen molar-refractivity contribution in [2.75, 3.05) is 46.6 Å². The molecule has 0 radical (unpaired) electrons. The highest BCUT2D eigenvalue weighted by Gasteiger charge is 2.20. The fourth-order valence-electron chi connectivity index (χ4n) is 2.10. The topological polar surface area (TPSA) is 71.6 Å². The summed E-state index contributed by atoms with van der Waals surface area (Å²) >= 11 is 0. The molecule has 5 nitrogen and oxygen atoms in total. The molecule has 1 saturated heterocycles. The zero-order valence-corrected chi connectivity index (χ0v) is 10.8. The number of piperidine rings is 1. The smallest absolute Gasteiger partial charge is 0.0937 e. The molecule has 3 N–H and O–H groups in total. The zero-order chi connectivity index (χ0) is 12.5. The first kappa shape index (κ1) is 14.4. The average Bonchev–Trinajstić information content (AvgIpc) is 2.34. The van der Waals surface area contributed by atoms with Gasteiger partial charge in [0.2, 0.25) is 0 Å². The van der Waals surface area contributed by atoms with E-state index in [2.05, 4.69) is 4.90 Å². The lowest BCUT2D eigenvalue weighted by atomic mass is 9.96. The molecule has 1 heterocycles. The second-order valence-corrected chi connectivity index (χ2v) is 4.53. The number of ether oxygens (including phenoxy) is 2. The molecule has 5 heteroatoms. The van der Waals surface area contributed by atoms with Crippen LogP contribution < -0.4 is 5.73 Å². The van der Waals surface area contributed by atoms with Crippen molar-refractivity contribution in [3.05, 3.63) is 0 Å². The van der Waals surface area contributed by atoms with Crippen molar-refractivity contribution in [3.63, 3.8) is 0 Å². The highest BCUT2D eigenvalue weighted by molar-refractivity contribution is 5.79. The quantitative estimate of drug-likeness (QED) is 0.374. The highest BCUT2D eigenvalue weighted by Crippen LogP contribution is 2.16. The molecule has 0 aromatic carbocycles. The summed E-state index contributed by atoms with van der Waals surface area (Å²) < 4.78 is 10.3. The summed E-state index contributed by atoms with van der Waals surface area (Å²) in [5.41, 5.74) is 5.51. The summed E-state index contributed by atoms with van der Waals surface area (Å²) in [6.45, 7) is 5.35. The van der Waals surface area contributed by atoms with Crippen LogP contribution in [0.5, 0.6) is 0 Å². The molecule has 0 atom stereocenters. The Hall–Kier alpha value is -0.650. The molecule has 1 fully saturated rings. The summed E-state index contributed by atoms with van der Waals surface area (Å²) in [6.07, 6.45) is 3.12. The van der Waals surface area contributed by atoms with Crippen molar-refractivity contribution in [3.8, 4) is 0 Å². The maximum atomic E-state index is 7.41. The van der Waals surface area contributed by atoms with Gasteiger partial charge in [0.05, 0.1) is 19.0 Å². The lowest BCUT2D eigenvalue weighted by molar-refractivity contribution is 0.0637. The maximum Gasteiger partial charge on any atom is 0.0937 e. The molecule has 0 aromatic heterocycles. The first-order valence-corrected chi connectivity index (χ1v) is 6.37. The van der Waals surface area contributed by atoms with E-state index in [4.69, 9.17) is 20.6 Å². The van der Waals surface area contributed by atoms with Gasteiger partial charge in [0.15, 0.2) is 0 Å². The third-order valence-electron chi connectivity index (χ3n) is 3.22. The molecule has 0 aliphatic carbocycles. The number of rotatable bonds is 8. The van der Waals surface area contributed by atoms with E-state index in [0.29, 0.717) is 25.0 Å². The van der Waals surface area contributed by atoms with Crippen molar-refractivity contribution >= 4 is 5.84 Å². The van der Waals surface area contributed by atoms with Crippen LogP contribution in [0.15, 0.2) is 0 Å². The molecule has 0 spiro atoms. The van der Waals surface area contributed by atoms with Crippen molar-refractivity contribution in [2.24, 2.45) is 11.7 Å². The molecular formula is C12H25N3O2. The summed E-state index contributed by atoms with van der Waals surface area (Å²) in [4.78, 5) is 2.43. The second kappa shape index (κ2) is 8.44. The van der Waals surface area contributed by atoms with E-state index < -0.39 is 0 Å². The van der Waals surface area contributed by atoms with Gasteiger partial charge in [0.25, 0.3) is 0 Å². The van der Waals surface area contributed by atoms with Crippen LogP contribution in [0.2, 0.25) is 0 Å². The van der Waals surface area contributed by atoms with Gasteiger partial charge in [-0.05, 0) is 32.4 Å². The van der Waals surface area contributed by atoms with Gasteiger partial charge in [0, 0.05) is 26.2 Å². The van der Waals surface area contributed by atoms with Crippen LogP contribution >= 0.6 is 0 Å². The van der Waals surface area contributed by atoms with Gasteiger partial charge in [-0.3, -0.25) is 5.41 Å². The molecule has 100 valence electrons. The van der Waals surface area contributed by atoms with E-state index in [1.54, 1.807) is 7.11 Å². The average molecular weight is 243 g/mol. The molecule has 17 heavy (non-hydrogen) atoms. The van der Waals surface area contributed by atoms with Gasteiger partial charge in [0.1, 0.15) is 0 Å². The lowest BCUT2D eigenvalue weighted by Crippen LogP contribution is -2.38. The van der Waals surface area contributed by atoms with E-state index in [0.717, 1.165) is 45.5 Å². The molecule has 1 aliphatic heterocycles. The Morgan fingerprint density at radius 1 is 1.29 bits per heavy atom. The highest BCUT2D eigenvalue weighted by atomic mass is 16.5. The Morgan fingerprint density at radius 3 is 2.59 bits per heavy atom. The SMILES string of the molecule is COCCOCCCN1CCC(C(=N)N)CC1. The van der Waals surface area contributed by atoms with Crippen molar-refractivity contribution in [1.29, 1.82) is 5.41 Å². The largest absolute Gasteiger partial charge is 0.387 e. The minimum Gasteiger partial charge on any atom is -0.387 e. The van der Waals surface area contributed by atoms with E-state index in [1.807, 2.05) is 0 Å². The van der Waals surface area contributed by atoms with Crippen LogP contribution in [0.1, 0.15) is 19.3 Å². The molecule has 1 aliphatic rings. The molecule has 0 unspecified atom stereocenters. The van der Waals surface area contributed by atoms with Gasteiger partial charge in [-0.25, -0.2) is 0 Å². The fraction of sp³-hybridized carbons (Fsp3) is 0.917. The summed E-state index contributed by atoms with van der Waals surface area (Å²) in [5, 5.41) is 7.41. The summed E-state index contributed by atoms with van der Waals surface area (Å²) in [7, 11) is 1.68. The van der Waals surface area contributed by atoms with Gasteiger partial charge in [-0.15, -0.1) is 0 Å². The van der Waals surface area contributed by atoms with Crippen molar-refractivity contribution in [2.45, 2.75) is 19.3 Å². The van der Waals surface area contributed by atoms with Crippen molar-refractivity contribution < 1.29 is 9.47 Å². The third kappa shape index (κ3) is 6.00. The van der Waals surface area contributed by atoms with Gasteiger partial charge in [-0.2, -0.15) is 0 Å². The predicted octanol–water partition coefficient (Wildman–Crippen LogP) is 0.687. The number of amidine groups is 1. The van der Waals surface area contributed by atoms with E-state index in [9.17, 15) is 0 Å². The van der Waals surface area contributed by atoms with Crippen LogP contribution in [-0.4, -0.2) is 57.3 Å². The van der Waals surface area contributed by atoms with Gasteiger partial charge in [-0.1, -0.05) is 0 Å². The Labute approximate surface area is 104 Å². The zero-order valence-electron chi connectivity index (χ0n) is 10.8. The number of nitrogens with zero attached hydrogens (tertiary/aromatic N) is 1. The predicted molar refractivity (Wildman–Crippen MR) is 68.4 cm³/mol. The van der Waals surface area contributed by atoms with E-state index >= 15 is 0 Å². The monoisotopic (exact) mass is 243 g/mol. The second-order valence-electron chi connectivity index (χ2n) is 4.53. The first-order valence-electron chi connectivity index (χ1n) is 6.37. The van der Waals surface area contributed by atoms with Gasteiger partial charge >= 0.3 is 0 Å². The number of hydrogen-bond donors (Lipinski definition) is 2. The lowest BCUT2D eigenvalue weighted by Gasteiger charge is -2.31. The summed E-state index contributed by atoms with van der Waals surface area (Å²) in [6, 6.07) is 0. The fourth-order valence-corrected chi connectivity index (χ4v) is 2.10. The van der Waals surface area contributed by atoms with E-state index in [1.165, 1.54) is 0 Å². The minimum absolute atomic E-state index is 0.309. The normalized spacial score (nSPS) is 18.4. The summed E-state index contributed by atoms with van der Waals surface area (Å²) in [5.74, 6) is 0.664. The Bertz CT molecular complexity index is 216. The molecule has 0 amide bonds. The van der Waals surface area contributed by atoms with Gasteiger partial charge < -0.3 is 20.1 Å². The number of likely N-dealkylation sites (tertiary alicyclic amines) is 1. The minimum atomic E-state index is 0.309. The number of hydrogen-bond acceptors (Lipinski definition) is 4. The Balaban J connectivity index is 1.97. The molecule has 0 saturated carbocycles. The van der Waals surface area contributed by atoms with Crippen LogP contribution in [0.3, 0.4) is 0 Å². The van der Waals surface area contributed by atoms with Crippen LogP contribution in [0.4, 0.5) is 0 Å². The van der Waals surface area contributed by atoms with Crippen molar-refractivity contribution in [1.82, 2.24) is 4.90 Å². The first-order chi connectivity index (χ1) is 8.24. The number of nitrogens with one attached hydrogen (secondary N) is 1. The maximum absolute atomic E-state index is 7.41. The standard InChI is InChI=1S/C12H25N3O2/c1-16-9-10-17-8-2-5-15-6-3-11(4-7-15)12(13)14/h11H,2-10H2,1H3,(H3,13,14). The number of methoxy groups -OCH3 is 1. The molecule has 0 bridgehead atoms. The Kier molecular flexibility index (Phi) is 7.16.